The first-order valence-electron chi connectivity index (χ1n) is 1.40. The Morgan fingerprint density at radius 1 is 0.556 bits per heavy atom. The van der Waals surface area contributed by atoms with Crippen LogP contribution in [-0.2, 0) is 20.8 Å². The molecule has 0 aromatic heterocycles. The summed E-state index contributed by atoms with van der Waals surface area (Å²) in [6.45, 7) is 0. The topological polar surface area (TPSA) is 149 Å². The summed E-state index contributed by atoms with van der Waals surface area (Å²) in [5.74, 6) is 0. The summed E-state index contributed by atoms with van der Waals surface area (Å²) in [5, 5.41) is 0. The van der Waals surface area contributed by atoms with Crippen molar-refractivity contribution in [3.8, 4) is 0 Å². The Bertz CT molecular complexity index is 236. The maximum absolute atomic E-state index is 8.74. The molecule has 0 aromatic rings. The molecule has 0 unspecified atom stereocenters. The van der Waals surface area contributed by atoms with E-state index in [2.05, 4.69) is 0 Å². The molecule has 0 rings (SSSR count). The van der Waals surface area contributed by atoms with E-state index in [0.717, 1.165) is 0 Å². The standard InChI is InChI=1S/3Al.3K.Mg.2H2O4S.H4Si.14H/c;;;;;;;2*1-5(2,3)4;;;;;;;;;;;;;;;/h;;;;;;;2*(H2,1,2,3,4);1H4;;;;;;;;;;;;;;. The van der Waals surface area contributed by atoms with E-state index in [4.69, 9.17) is 35.0 Å². The zero-order valence-corrected chi connectivity index (χ0v) is 5.87. The Balaban J connectivity index is -0.00000000615. The van der Waals surface area contributed by atoms with Crippen molar-refractivity contribution in [1.82, 2.24) is 0 Å². The summed E-state index contributed by atoms with van der Waals surface area (Å²) >= 11 is 0. The van der Waals surface area contributed by atoms with Gasteiger partial charge in [0.15, 0.2) is 52.1 Å². The van der Waals surface area contributed by atoms with E-state index in [1.165, 1.54) is 0 Å². The summed E-state index contributed by atoms with van der Waals surface area (Å²) in [6.07, 6.45) is 0. The van der Waals surface area contributed by atoms with Crippen LogP contribution in [0.25, 0.3) is 0 Å². The van der Waals surface area contributed by atoms with Crippen molar-refractivity contribution in [2.24, 2.45) is 0 Å². The van der Waals surface area contributed by atoms with E-state index < -0.39 is 20.8 Å². The van der Waals surface area contributed by atoms with Crippen molar-refractivity contribution in [2.45, 2.75) is 0 Å². The predicted molar refractivity (Wildman–Crippen MR) is 99.5 cm³/mol. The first-order chi connectivity index (χ1) is 4.00. The molecule has 0 radical (unpaired) electrons. The molecule has 0 saturated carbocycles. The molecule has 0 aliphatic rings. The predicted octanol–water partition coefficient (Wildman–Crippen LogP) is -9.17. The molecule has 8 nitrogen and oxygen atoms in total. The van der Waals surface area contributed by atoms with E-state index in [9.17, 15) is 0 Å². The monoisotopic (exact) mass is 464 g/mol. The van der Waals surface area contributed by atoms with Gasteiger partial charge in [-0.3, -0.25) is 18.2 Å². The Labute approximate surface area is 287 Å². The number of rotatable bonds is 0. The van der Waals surface area contributed by atoms with Crippen molar-refractivity contribution in [1.29, 1.82) is 0 Å². The summed E-state index contributed by atoms with van der Waals surface area (Å²) in [6, 6.07) is 0. The van der Waals surface area contributed by atoms with Crippen LogP contribution < -0.4 is 0 Å². The average Bonchev–Trinajstić information content (AvgIpc) is 1.12. The fraction of sp³-hybridized carbons (Fsp3) is 0. The minimum Gasteiger partial charge on any atom is -0.0149 e. The largest absolute Gasteiger partial charge is 0.316 e. The molecule has 0 atom stereocenters. The molecule has 100 valence electrons. The van der Waals surface area contributed by atoms with Crippen LogP contribution in [0.4, 0.5) is 0 Å². The average molecular weight is 465 g/mol. The van der Waals surface area contributed by atoms with Gasteiger partial charge < -0.3 is 0 Å². The van der Waals surface area contributed by atoms with Crippen molar-refractivity contribution >= 4 is 261 Å². The molecular weight excluding hydrogens is 443 g/mol. The number of hydrogen-bond acceptors (Lipinski definition) is 4. The molecule has 0 saturated heterocycles. The van der Waals surface area contributed by atoms with E-state index in [0.29, 0.717) is 0 Å². The maximum atomic E-state index is 8.74. The second-order valence-corrected chi connectivity index (χ2v) is 2.69. The zero-order valence-electron chi connectivity index (χ0n) is 4.24. The van der Waals surface area contributed by atoms with Crippen LogP contribution in [-0.4, -0.2) is 275 Å². The van der Waals surface area contributed by atoms with Gasteiger partial charge in [-0.1, -0.05) is 0 Å². The van der Waals surface area contributed by atoms with Crippen molar-refractivity contribution < 1.29 is 35.0 Å². The number of hydrogen-bond donors (Lipinski definition) is 4. The first-order valence-corrected chi connectivity index (χ1v) is 4.19. The van der Waals surface area contributed by atoms with Crippen LogP contribution in [0, 0.1) is 0 Å². The third kappa shape index (κ3) is 220. The van der Waals surface area contributed by atoms with Gasteiger partial charge in [-0.2, -0.15) is 16.8 Å². The van der Waals surface area contributed by atoms with Gasteiger partial charge in [-0.05, 0) is 11.0 Å². The summed E-state index contributed by atoms with van der Waals surface area (Å²) in [7, 11) is -9.33. The van der Waals surface area contributed by atoms with Gasteiger partial charge in [0.25, 0.3) is 0 Å². The van der Waals surface area contributed by atoms with E-state index in [-0.39, 0.29) is 240 Å². The first kappa shape index (κ1) is 63.9. The third-order valence-electron chi connectivity index (χ3n) is 0. The van der Waals surface area contributed by atoms with Crippen molar-refractivity contribution in [2.75, 3.05) is 0 Å². The van der Waals surface area contributed by atoms with Gasteiger partial charge in [-0.25, -0.2) is 0 Å². The van der Waals surface area contributed by atoms with Crippen LogP contribution in [0.15, 0.2) is 0 Å². The van der Waals surface area contributed by atoms with E-state index >= 15 is 0 Å². The van der Waals surface area contributed by atoms with E-state index in [1.54, 1.807) is 0 Å². The van der Waals surface area contributed by atoms with Crippen LogP contribution in [0.3, 0.4) is 0 Å². The fourth-order valence-corrected chi connectivity index (χ4v) is 0. The second-order valence-electron chi connectivity index (χ2n) is 0.896. The van der Waals surface area contributed by atoms with Gasteiger partial charge in [0.1, 0.15) is 0 Å². The molecule has 0 aliphatic carbocycles. The fourth-order valence-electron chi connectivity index (χ4n) is 0. The molecular formula is H22Al3K3MgO8S2Si. The molecule has 18 heavy (non-hydrogen) atoms. The van der Waals surface area contributed by atoms with Gasteiger partial charge in [0.2, 0.25) is 0 Å². The molecule has 4 N–H and O–H groups in total. The molecule has 0 bridgehead atoms. The van der Waals surface area contributed by atoms with Gasteiger partial charge in [0, 0.05) is 0 Å². The summed E-state index contributed by atoms with van der Waals surface area (Å²) < 4.78 is 63.2. The van der Waals surface area contributed by atoms with Crippen LogP contribution in [0.2, 0.25) is 0 Å². The van der Waals surface area contributed by atoms with Crippen LogP contribution in [0.1, 0.15) is 0 Å². The minimum atomic E-state index is -4.67. The smallest absolute Gasteiger partial charge is 0.0149 e. The molecule has 18 heteroatoms. The molecule has 0 spiro atoms. The molecule has 0 fully saturated rings. The van der Waals surface area contributed by atoms with Crippen LogP contribution in [0.5, 0.6) is 0 Å². The molecule has 0 aromatic carbocycles. The normalized spacial score (nSPS) is 6.44. The summed E-state index contributed by atoms with van der Waals surface area (Å²) in [4.78, 5) is 0. The van der Waals surface area contributed by atoms with Gasteiger partial charge in [-0.15, -0.1) is 0 Å². The van der Waals surface area contributed by atoms with Crippen molar-refractivity contribution in [3.05, 3.63) is 0 Å². The van der Waals surface area contributed by atoms with E-state index in [1.807, 2.05) is 0 Å². The van der Waals surface area contributed by atoms with Gasteiger partial charge >= 0.3 is 198 Å². The molecule has 0 heterocycles. The quantitative estimate of drug-likeness (QED) is 0.204. The minimum absolute atomic E-state index is 0. The Morgan fingerprint density at radius 3 is 0.556 bits per heavy atom. The van der Waals surface area contributed by atoms with Crippen LogP contribution >= 0.6 is 0 Å². The Hall–Kier alpha value is 7.23. The molecule has 0 aliphatic heterocycles. The van der Waals surface area contributed by atoms with Gasteiger partial charge in [0.05, 0.1) is 0 Å². The Kier molecular flexibility index (Phi) is 125. The zero-order chi connectivity index (χ0) is 9.00. The SMILES string of the molecule is O=S(=O)(O)O.O=S(=O)(O)O.[AlH3].[AlH3].[AlH3].[KH].[KH].[KH].[MgH2].[SiH4]. The third-order valence-corrected chi connectivity index (χ3v) is 0. The Morgan fingerprint density at radius 2 is 0.556 bits per heavy atom. The summed E-state index contributed by atoms with van der Waals surface area (Å²) in [5.41, 5.74) is 0. The maximum Gasteiger partial charge on any atom is 0.316 e. The molecule has 0 amide bonds. The second kappa shape index (κ2) is 35.4. The van der Waals surface area contributed by atoms with Crippen molar-refractivity contribution in [3.63, 3.8) is 0 Å².